The maximum absolute atomic E-state index is 12.3. The van der Waals surface area contributed by atoms with Crippen LogP contribution in [0.4, 0.5) is 0 Å². The van der Waals surface area contributed by atoms with Gasteiger partial charge in [-0.2, -0.15) is 0 Å². The van der Waals surface area contributed by atoms with E-state index in [1.807, 2.05) is 19.1 Å². The molecule has 2 rings (SSSR count). The van der Waals surface area contributed by atoms with Crippen molar-refractivity contribution in [2.45, 2.75) is 46.6 Å². The van der Waals surface area contributed by atoms with Gasteiger partial charge in [-0.3, -0.25) is 4.79 Å². The Morgan fingerprint density at radius 1 is 1.20 bits per heavy atom. The Balaban J connectivity index is 2.63. The van der Waals surface area contributed by atoms with E-state index in [0.717, 1.165) is 49.2 Å². The summed E-state index contributed by atoms with van der Waals surface area (Å²) in [4.78, 5) is 14.5. The quantitative estimate of drug-likeness (QED) is 0.794. The van der Waals surface area contributed by atoms with Crippen LogP contribution < -0.4 is 5.73 Å². The molecule has 0 saturated heterocycles. The zero-order valence-corrected chi connectivity index (χ0v) is 16.2. The van der Waals surface area contributed by atoms with Gasteiger partial charge in [-0.15, -0.1) is 0 Å². The molecule has 0 radical (unpaired) electrons. The Bertz CT molecular complexity index is 744. The number of carbonyl (C=O) groups excluding carboxylic acids is 1. The fourth-order valence-electron chi connectivity index (χ4n) is 3.59. The summed E-state index contributed by atoms with van der Waals surface area (Å²) in [5.74, 6) is -0.334. The molecule has 0 aliphatic heterocycles. The summed E-state index contributed by atoms with van der Waals surface area (Å²) in [6.07, 6.45) is 3.03. The molecule has 0 unspecified atom stereocenters. The van der Waals surface area contributed by atoms with Gasteiger partial charge in [-0.1, -0.05) is 37.6 Å². The minimum absolute atomic E-state index is 0.334. The second-order valence-electron chi connectivity index (χ2n) is 7.02. The maximum atomic E-state index is 12.3. The molecule has 0 bridgehead atoms. The molecule has 4 nitrogen and oxygen atoms in total. The molecule has 2 aromatic rings. The molecule has 0 saturated carbocycles. The van der Waals surface area contributed by atoms with Crippen LogP contribution in [-0.2, 0) is 13.0 Å². The highest BCUT2D eigenvalue weighted by atomic mass is 16.1. The Morgan fingerprint density at radius 3 is 2.44 bits per heavy atom. The largest absolute Gasteiger partial charge is 0.366 e. The van der Waals surface area contributed by atoms with Crippen molar-refractivity contribution in [3.05, 3.63) is 46.8 Å². The van der Waals surface area contributed by atoms with Crippen molar-refractivity contribution in [2.24, 2.45) is 5.73 Å². The molecule has 1 aromatic carbocycles. The fourth-order valence-corrected chi connectivity index (χ4v) is 3.59. The third-order valence-electron chi connectivity index (χ3n) is 4.77. The molecule has 0 aliphatic rings. The second kappa shape index (κ2) is 8.34. The number of nitrogens with two attached hydrogens (primary N) is 1. The highest BCUT2D eigenvalue weighted by Crippen LogP contribution is 2.35. The molecule has 25 heavy (non-hydrogen) atoms. The van der Waals surface area contributed by atoms with Gasteiger partial charge in [0, 0.05) is 23.5 Å². The van der Waals surface area contributed by atoms with E-state index in [4.69, 9.17) is 5.73 Å². The van der Waals surface area contributed by atoms with Crippen LogP contribution in [0, 0.1) is 13.8 Å². The summed E-state index contributed by atoms with van der Waals surface area (Å²) < 4.78 is 2.31. The third kappa shape index (κ3) is 4.13. The monoisotopic (exact) mass is 341 g/mol. The first-order valence-corrected chi connectivity index (χ1v) is 9.10. The van der Waals surface area contributed by atoms with Crippen molar-refractivity contribution in [3.63, 3.8) is 0 Å². The van der Waals surface area contributed by atoms with Gasteiger partial charge in [-0.25, -0.2) is 0 Å². The molecule has 0 fully saturated rings. The van der Waals surface area contributed by atoms with E-state index in [1.54, 1.807) is 0 Å². The number of hydrogen-bond acceptors (Lipinski definition) is 2. The SMILES string of the molecule is CCCc1c(-c2ccccc2C)c(C(N)=O)c(C)n1CCCN(C)C. The number of aryl methyl sites for hydroxylation is 1. The third-order valence-corrected chi connectivity index (χ3v) is 4.77. The van der Waals surface area contributed by atoms with E-state index in [0.29, 0.717) is 5.56 Å². The number of carbonyl (C=O) groups is 1. The highest BCUT2D eigenvalue weighted by molar-refractivity contribution is 6.02. The zero-order chi connectivity index (χ0) is 18.6. The van der Waals surface area contributed by atoms with Gasteiger partial charge < -0.3 is 15.2 Å². The van der Waals surface area contributed by atoms with Crippen molar-refractivity contribution in [1.29, 1.82) is 0 Å². The van der Waals surface area contributed by atoms with Crippen molar-refractivity contribution >= 4 is 5.91 Å². The van der Waals surface area contributed by atoms with Crippen molar-refractivity contribution in [2.75, 3.05) is 20.6 Å². The first-order chi connectivity index (χ1) is 11.9. The van der Waals surface area contributed by atoms with Crippen molar-refractivity contribution in [3.8, 4) is 11.1 Å². The number of primary amides is 1. The van der Waals surface area contributed by atoms with Crippen LogP contribution in [-0.4, -0.2) is 36.0 Å². The Hall–Kier alpha value is -2.07. The van der Waals surface area contributed by atoms with Crippen molar-refractivity contribution in [1.82, 2.24) is 9.47 Å². The summed E-state index contributed by atoms with van der Waals surface area (Å²) in [7, 11) is 4.17. The van der Waals surface area contributed by atoms with Gasteiger partial charge in [0.25, 0.3) is 5.91 Å². The van der Waals surface area contributed by atoms with Gasteiger partial charge in [0.2, 0.25) is 0 Å². The number of rotatable bonds is 8. The number of nitrogens with zero attached hydrogens (tertiary/aromatic N) is 2. The van der Waals surface area contributed by atoms with Gasteiger partial charge in [0.1, 0.15) is 0 Å². The van der Waals surface area contributed by atoms with Crippen LogP contribution in [0.25, 0.3) is 11.1 Å². The highest BCUT2D eigenvalue weighted by Gasteiger charge is 2.24. The molecule has 0 spiro atoms. The van der Waals surface area contributed by atoms with Gasteiger partial charge in [-0.05, 0) is 58.5 Å². The molecule has 4 heteroatoms. The van der Waals surface area contributed by atoms with Crippen molar-refractivity contribution < 1.29 is 4.79 Å². The normalized spacial score (nSPS) is 11.3. The van der Waals surface area contributed by atoms with Gasteiger partial charge >= 0.3 is 0 Å². The Kier molecular flexibility index (Phi) is 6.43. The van der Waals surface area contributed by atoms with E-state index >= 15 is 0 Å². The topological polar surface area (TPSA) is 51.3 Å². The van der Waals surface area contributed by atoms with E-state index in [1.165, 1.54) is 11.3 Å². The van der Waals surface area contributed by atoms with Gasteiger partial charge in [0.15, 0.2) is 0 Å². The first-order valence-electron chi connectivity index (χ1n) is 9.10. The van der Waals surface area contributed by atoms with Gasteiger partial charge in [0.05, 0.1) is 5.56 Å². The molecule has 0 aliphatic carbocycles. The zero-order valence-electron chi connectivity index (χ0n) is 16.2. The Morgan fingerprint density at radius 2 is 1.88 bits per heavy atom. The van der Waals surface area contributed by atoms with Crippen LogP contribution in [0.15, 0.2) is 24.3 Å². The molecule has 2 N–H and O–H groups in total. The number of amides is 1. The minimum Gasteiger partial charge on any atom is -0.366 e. The van der Waals surface area contributed by atoms with Crippen LogP contribution in [0.3, 0.4) is 0 Å². The predicted molar refractivity (Wildman–Crippen MR) is 105 cm³/mol. The molecule has 0 atom stereocenters. The summed E-state index contributed by atoms with van der Waals surface area (Å²) in [5, 5.41) is 0. The summed E-state index contributed by atoms with van der Waals surface area (Å²) >= 11 is 0. The average molecular weight is 341 g/mol. The van der Waals surface area contributed by atoms with E-state index in [9.17, 15) is 4.79 Å². The van der Waals surface area contributed by atoms with Crippen LogP contribution in [0.1, 0.15) is 47.1 Å². The molecular formula is C21H31N3O. The summed E-state index contributed by atoms with van der Waals surface area (Å²) in [6, 6.07) is 8.25. The predicted octanol–water partition coefficient (Wildman–Crippen LogP) is 3.78. The lowest BCUT2D eigenvalue weighted by atomic mass is 9.94. The lowest BCUT2D eigenvalue weighted by Gasteiger charge is -2.15. The molecule has 1 amide bonds. The summed E-state index contributed by atoms with van der Waals surface area (Å²) in [6.45, 7) is 8.23. The molecular weight excluding hydrogens is 310 g/mol. The minimum atomic E-state index is -0.334. The smallest absolute Gasteiger partial charge is 0.251 e. The van der Waals surface area contributed by atoms with Crippen LogP contribution >= 0.6 is 0 Å². The van der Waals surface area contributed by atoms with E-state index < -0.39 is 0 Å². The van der Waals surface area contributed by atoms with Crippen LogP contribution in [0.2, 0.25) is 0 Å². The van der Waals surface area contributed by atoms with E-state index in [-0.39, 0.29) is 5.91 Å². The number of hydrogen-bond donors (Lipinski definition) is 1. The van der Waals surface area contributed by atoms with E-state index in [2.05, 4.69) is 49.5 Å². The second-order valence-corrected chi connectivity index (χ2v) is 7.02. The first kappa shape index (κ1) is 19.3. The number of aromatic nitrogens is 1. The fraction of sp³-hybridized carbons (Fsp3) is 0.476. The Labute approximate surface area is 151 Å². The van der Waals surface area contributed by atoms with Crippen LogP contribution in [0.5, 0.6) is 0 Å². The lowest BCUT2D eigenvalue weighted by molar-refractivity contribution is 0.1000. The molecule has 1 aromatic heterocycles. The standard InChI is InChI=1S/C21H31N3O/c1-6-10-18-20(17-12-8-7-11-15(17)2)19(21(22)25)16(3)24(18)14-9-13-23(4)5/h7-8,11-12H,6,9-10,13-14H2,1-5H3,(H2,22,25). The molecule has 136 valence electrons. The summed E-state index contributed by atoms with van der Waals surface area (Å²) in [5.41, 5.74) is 12.0. The number of benzene rings is 1. The molecule has 1 heterocycles. The maximum Gasteiger partial charge on any atom is 0.251 e. The lowest BCUT2D eigenvalue weighted by Crippen LogP contribution is -2.17. The average Bonchev–Trinajstić information content (AvgIpc) is 2.81.